The summed E-state index contributed by atoms with van der Waals surface area (Å²) >= 11 is 0. The van der Waals surface area contributed by atoms with Crippen molar-refractivity contribution in [3.63, 3.8) is 0 Å². The van der Waals surface area contributed by atoms with Gasteiger partial charge in [-0.05, 0) is 97.7 Å². The lowest BCUT2D eigenvalue weighted by molar-refractivity contribution is -0.249. The molecular weight excluding hydrogens is 424 g/mol. The molecule has 1 N–H and O–H groups in total. The third-order valence-electron chi connectivity index (χ3n) is 12.9. The number of carboxylic acid groups (broad SMARTS) is 1. The molecule has 8 unspecified atom stereocenters. The van der Waals surface area contributed by atoms with E-state index >= 15 is 0 Å². The van der Waals surface area contributed by atoms with Crippen molar-refractivity contribution in [1.29, 1.82) is 0 Å². The highest BCUT2D eigenvalue weighted by atomic mass is 16.5. The summed E-state index contributed by atoms with van der Waals surface area (Å²) < 4.78 is 5.86. The van der Waals surface area contributed by atoms with Crippen LogP contribution in [0.4, 0.5) is 0 Å². The molecule has 4 saturated carbocycles. The van der Waals surface area contributed by atoms with E-state index in [0.29, 0.717) is 17.8 Å². The van der Waals surface area contributed by atoms with Crippen LogP contribution < -0.4 is 0 Å². The summed E-state index contributed by atoms with van der Waals surface area (Å²) in [5, 5.41) is 10.4. The van der Waals surface area contributed by atoms with Crippen LogP contribution >= 0.6 is 0 Å². The predicted octanol–water partition coefficient (Wildman–Crippen LogP) is 7.49. The van der Waals surface area contributed by atoms with Crippen LogP contribution in [0.3, 0.4) is 0 Å². The lowest BCUT2D eigenvalue weighted by Crippen LogP contribution is -2.67. The summed E-state index contributed by atoms with van der Waals surface area (Å²) in [6.07, 6.45) is 10.5. The Hall–Kier alpha value is -1.06. The number of ether oxygens (including phenoxy) is 1. The smallest absolute Gasteiger partial charge is 0.309 e. The number of hydrogen-bond acceptors (Lipinski definition) is 3. The monoisotopic (exact) mass is 474 g/mol. The van der Waals surface area contributed by atoms with E-state index < -0.39 is 11.4 Å². The molecule has 4 aliphatic rings. The van der Waals surface area contributed by atoms with Crippen molar-refractivity contribution in [3.05, 3.63) is 0 Å². The molecule has 4 aliphatic carbocycles. The first-order valence-corrected chi connectivity index (χ1v) is 14.1. The zero-order valence-electron chi connectivity index (χ0n) is 23.1. The maximum atomic E-state index is 12.6. The quantitative estimate of drug-likeness (QED) is 0.429. The minimum Gasteiger partial charge on any atom is -0.481 e. The van der Waals surface area contributed by atoms with Crippen LogP contribution in [0.1, 0.15) is 120 Å². The summed E-state index contributed by atoms with van der Waals surface area (Å²) in [7, 11) is 0. The summed E-state index contributed by atoms with van der Waals surface area (Å²) in [4.78, 5) is 24.4. The molecule has 0 saturated heterocycles. The minimum atomic E-state index is -0.558. The van der Waals surface area contributed by atoms with Crippen molar-refractivity contribution < 1.29 is 19.4 Å². The zero-order chi connectivity index (χ0) is 25.3. The van der Waals surface area contributed by atoms with Gasteiger partial charge in [-0.25, -0.2) is 0 Å². The van der Waals surface area contributed by atoms with Gasteiger partial charge < -0.3 is 9.84 Å². The van der Waals surface area contributed by atoms with Crippen molar-refractivity contribution in [1.82, 2.24) is 0 Å². The van der Waals surface area contributed by atoms with E-state index in [1.807, 2.05) is 0 Å². The molecule has 4 heteroatoms. The van der Waals surface area contributed by atoms with E-state index in [0.717, 1.165) is 44.9 Å². The number of fused-ring (bicyclic) bond motifs is 5. The largest absolute Gasteiger partial charge is 0.481 e. The van der Waals surface area contributed by atoms with Crippen molar-refractivity contribution >= 4 is 11.9 Å². The highest BCUT2D eigenvalue weighted by Gasteiger charge is 2.69. The molecule has 0 amide bonds. The van der Waals surface area contributed by atoms with Gasteiger partial charge in [0.1, 0.15) is 6.10 Å². The standard InChI is InChI=1S/C30H50O4/c1-9-14-30(25(32)33)18-17-28(7)21(19(30)2)10-11-23-27(6)15-13-24(34-20(3)31)26(4,5)22(27)12-16-29(23,28)8/h19,21-24H,9-18H2,1-8H3,(H,32,33)/t19?,21?,22?,23?,24?,27?,28-,29?,30?/m1/s1. The van der Waals surface area contributed by atoms with E-state index in [-0.39, 0.29) is 39.7 Å². The Labute approximate surface area is 208 Å². The van der Waals surface area contributed by atoms with E-state index in [4.69, 9.17) is 4.74 Å². The van der Waals surface area contributed by atoms with Crippen molar-refractivity contribution in [2.24, 2.45) is 50.7 Å². The lowest BCUT2D eigenvalue weighted by Gasteiger charge is -2.72. The van der Waals surface area contributed by atoms with Gasteiger partial charge in [0.05, 0.1) is 5.41 Å². The summed E-state index contributed by atoms with van der Waals surface area (Å²) in [5.41, 5.74) is 0.100. The topological polar surface area (TPSA) is 63.6 Å². The number of carbonyl (C=O) groups excluding carboxylic acids is 1. The third kappa shape index (κ3) is 3.28. The Morgan fingerprint density at radius 2 is 1.56 bits per heavy atom. The highest BCUT2D eigenvalue weighted by Crippen LogP contribution is 2.75. The molecule has 0 heterocycles. The number of esters is 1. The SMILES string of the molecule is CCCC1(C(=O)O)CC[C@]2(C)C(CCC3C4(C)CCC(OC(C)=O)C(C)(C)C4CCC32C)C1C. The van der Waals surface area contributed by atoms with E-state index in [1.54, 1.807) is 6.92 Å². The van der Waals surface area contributed by atoms with Gasteiger partial charge in [-0.2, -0.15) is 0 Å². The molecule has 0 aromatic rings. The normalized spacial score (nSPS) is 49.8. The molecule has 0 spiro atoms. The number of carboxylic acids is 1. The van der Waals surface area contributed by atoms with E-state index in [9.17, 15) is 14.7 Å². The van der Waals surface area contributed by atoms with Crippen molar-refractivity contribution in [2.45, 2.75) is 126 Å². The fraction of sp³-hybridized carbons (Fsp3) is 0.933. The number of rotatable bonds is 4. The van der Waals surface area contributed by atoms with E-state index in [2.05, 4.69) is 48.5 Å². The first-order chi connectivity index (χ1) is 15.7. The van der Waals surface area contributed by atoms with Gasteiger partial charge in [0.25, 0.3) is 0 Å². The molecule has 34 heavy (non-hydrogen) atoms. The first-order valence-electron chi connectivity index (χ1n) is 14.1. The van der Waals surface area contributed by atoms with Crippen LogP contribution in [0.15, 0.2) is 0 Å². The Morgan fingerprint density at radius 1 is 0.882 bits per heavy atom. The Balaban J connectivity index is 1.68. The molecular formula is C30H50O4. The molecule has 0 radical (unpaired) electrons. The third-order valence-corrected chi connectivity index (χ3v) is 12.9. The van der Waals surface area contributed by atoms with Gasteiger partial charge in [-0.1, -0.05) is 54.9 Å². The van der Waals surface area contributed by atoms with Crippen LogP contribution in [-0.2, 0) is 14.3 Å². The van der Waals surface area contributed by atoms with Crippen LogP contribution in [0.5, 0.6) is 0 Å². The van der Waals surface area contributed by atoms with Gasteiger partial charge in [-0.15, -0.1) is 0 Å². The van der Waals surface area contributed by atoms with Gasteiger partial charge in [-0.3, -0.25) is 9.59 Å². The second-order valence-corrected chi connectivity index (χ2v) is 14.1. The van der Waals surface area contributed by atoms with Crippen molar-refractivity contribution in [2.75, 3.05) is 0 Å². The molecule has 9 atom stereocenters. The maximum Gasteiger partial charge on any atom is 0.309 e. The number of carbonyl (C=O) groups is 2. The van der Waals surface area contributed by atoms with Crippen LogP contribution in [0.2, 0.25) is 0 Å². The van der Waals surface area contributed by atoms with Crippen LogP contribution in [-0.4, -0.2) is 23.1 Å². The fourth-order valence-electron chi connectivity index (χ4n) is 10.9. The number of aliphatic carboxylic acids is 1. The summed E-state index contributed by atoms with van der Waals surface area (Å²) in [5.74, 6) is 1.19. The summed E-state index contributed by atoms with van der Waals surface area (Å²) in [6, 6.07) is 0. The second kappa shape index (κ2) is 8.23. The second-order valence-electron chi connectivity index (χ2n) is 14.1. The first kappa shape index (κ1) is 26.0. The highest BCUT2D eigenvalue weighted by molar-refractivity contribution is 5.75. The van der Waals surface area contributed by atoms with Gasteiger partial charge in [0, 0.05) is 12.3 Å². The van der Waals surface area contributed by atoms with Gasteiger partial charge >= 0.3 is 11.9 Å². The molecule has 0 bridgehead atoms. The van der Waals surface area contributed by atoms with Crippen molar-refractivity contribution in [3.8, 4) is 0 Å². The Kier molecular flexibility index (Phi) is 6.30. The maximum absolute atomic E-state index is 12.6. The zero-order valence-corrected chi connectivity index (χ0v) is 23.1. The van der Waals surface area contributed by atoms with Gasteiger partial charge in [0.2, 0.25) is 0 Å². The number of hydrogen-bond donors (Lipinski definition) is 1. The van der Waals surface area contributed by atoms with E-state index in [1.165, 1.54) is 19.3 Å². The summed E-state index contributed by atoms with van der Waals surface area (Å²) in [6.45, 7) is 18.3. The lowest BCUT2D eigenvalue weighted by atomic mass is 9.32. The molecule has 0 aromatic carbocycles. The molecule has 0 aliphatic heterocycles. The molecule has 194 valence electrons. The molecule has 4 nitrogen and oxygen atoms in total. The molecule has 4 rings (SSSR count). The Bertz CT molecular complexity index is 834. The average molecular weight is 475 g/mol. The predicted molar refractivity (Wildman–Crippen MR) is 135 cm³/mol. The van der Waals surface area contributed by atoms with Crippen LogP contribution in [0.25, 0.3) is 0 Å². The van der Waals surface area contributed by atoms with Gasteiger partial charge in [0.15, 0.2) is 0 Å². The van der Waals surface area contributed by atoms with Crippen LogP contribution in [0, 0.1) is 50.7 Å². The Morgan fingerprint density at radius 3 is 2.15 bits per heavy atom. The molecule has 0 aromatic heterocycles. The average Bonchev–Trinajstić information content (AvgIpc) is 2.73. The molecule has 4 fully saturated rings. The fourth-order valence-corrected chi connectivity index (χ4v) is 10.9. The minimum absolute atomic E-state index is 0.0132.